The average molecular weight is 274 g/mol. The van der Waals surface area contributed by atoms with Gasteiger partial charge in [-0.3, -0.25) is 0 Å². The Kier molecular flexibility index (Phi) is 8.33. The highest BCUT2D eigenvalue weighted by molar-refractivity contribution is 5.60. The van der Waals surface area contributed by atoms with Crippen molar-refractivity contribution in [1.82, 2.24) is 0 Å². The molecule has 0 heterocycles. The fourth-order valence-electron chi connectivity index (χ4n) is 1.79. The molecule has 4 nitrogen and oxygen atoms in total. The third kappa shape index (κ3) is 5.47. The predicted molar refractivity (Wildman–Crippen MR) is 71.9 cm³/mol. The second-order valence-electron chi connectivity index (χ2n) is 4.25. The van der Waals surface area contributed by atoms with Crippen molar-refractivity contribution in [2.75, 3.05) is 24.6 Å². The number of hydrogen-bond acceptors (Lipinski definition) is 3. The van der Waals surface area contributed by atoms with Gasteiger partial charge in [-0.2, -0.15) is 0 Å². The van der Waals surface area contributed by atoms with E-state index in [-0.39, 0.29) is 12.4 Å². The molecule has 0 aliphatic rings. The fraction of sp³-hybridized carbons (Fsp3) is 0.538. The summed E-state index contributed by atoms with van der Waals surface area (Å²) in [6.07, 6.45) is 2.39. The van der Waals surface area contributed by atoms with Gasteiger partial charge >= 0.3 is 0 Å². The average Bonchev–Trinajstić information content (AvgIpc) is 2.32. The molecule has 1 rings (SSSR count). The van der Waals surface area contributed by atoms with Gasteiger partial charge in [0.1, 0.15) is 18.9 Å². The Morgan fingerprint density at radius 3 is 2.44 bits per heavy atom. The minimum Gasteiger partial charge on any atom is -1.00 e. The Labute approximate surface area is 115 Å². The molecule has 0 aromatic heterocycles. The first-order valence-electron chi connectivity index (χ1n) is 6.28. The van der Waals surface area contributed by atoms with E-state index in [2.05, 4.69) is 19.2 Å². The van der Waals surface area contributed by atoms with E-state index in [1.807, 2.05) is 6.07 Å². The quantitative estimate of drug-likeness (QED) is 0.397. The fourth-order valence-corrected chi connectivity index (χ4v) is 1.79. The van der Waals surface area contributed by atoms with Crippen molar-refractivity contribution in [1.29, 1.82) is 0 Å². The van der Waals surface area contributed by atoms with Crippen LogP contribution in [0.15, 0.2) is 18.2 Å². The van der Waals surface area contributed by atoms with Crippen molar-refractivity contribution in [3.05, 3.63) is 18.2 Å². The Bertz CT molecular complexity index is 343. The summed E-state index contributed by atoms with van der Waals surface area (Å²) < 4.78 is 5.62. The molecule has 104 valence electrons. The van der Waals surface area contributed by atoms with Gasteiger partial charge in [0.05, 0.1) is 11.7 Å². The number of rotatable bonds is 7. The molecule has 0 atom stereocenters. The Hall–Kier alpha value is -1.13. The number of anilines is 2. The predicted octanol–water partition coefficient (Wildman–Crippen LogP) is -2.01. The SMILES string of the molecule is CCC(CC)[NH2+]CCOc1ccc(N)cc1N.[Cl-]. The van der Waals surface area contributed by atoms with Crippen LogP contribution in [0.1, 0.15) is 26.7 Å². The van der Waals surface area contributed by atoms with Gasteiger partial charge in [0.15, 0.2) is 0 Å². The Morgan fingerprint density at radius 1 is 1.22 bits per heavy atom. The first-order valence-corrected chi connectivity index (χ1v) is 6.28. The van der Waals surface area contributed by atoms with Crippen LogP contribution in [0, 0.1) is 0 Å². The molecule has 5 heteroatoms. The summed E-state index contributed by atoms with van der Waals surface area (Å²) >= 11 is 0. The van der Waals surface area contributed by atoms with Gasteiger partial charge in [0, 0.05) is 5.69 Å². The maximum absolute atomic E-state index is 5.80. The second kappa shape index (κ2) is 8.89. The van der Waals surface area contributed by atoms with Crippen molar-refractivity contribution < 1.29 is 22.5 Å². The van der Waals surface area contributed by atoms with E-state index in [0.29, 0.717) is 24.0 Å². The van der Waals surface area contributed by atoms with Gasteiger partial charge in [-0.05, 0) is 31.0 Å². The third-order valence-electron chi connectivity index (χ3n) is 2.96. The van der Waals surface area contributed by atoms with Crippen molar-refractivity contribution in [2.45, 2.75) is 32.7 Å². The van der Waals surface area contributed by atoms with Crippen LogP contribution in [0.25, 0.3) is 0 Å². The number of ether oxygens (including phenoxy) is 1. The molecule has 0 saturated heterocycles. The molecule has 1 aromatic rings. The van der Waals surface area contributed by atoms with Crippen molar-refractivity contribution in [3.63, 3.8) is 0 Å². The van der Waals surface area contributed by atoms with Crippen molar-refractivity contribution in [2.24, 2.45) is 0 Å². The van der Waals surface area contributed by atoms with Crippen LogP contribution < -0.4 is 33.9 Å². The smallest absolute Gasteiger partial charge is 0.142 e. The lowest BCUT2D eigenvalue weighted by Crippen LogP contribution is -3.00. The van der Waals surface area contributed by atoms with E-state index in [0.717, 1.165) is 12.3 Å². The number of quaternary nitrogens is 1. The molecule has 0 bridgehead atoms. The van der Waals surface area contributed by atoms with E-state index in [1.54, 1.807) is 12.1 Å². The minimum atomic E-state index is 0. The summed E-state index contributed by atoms with van der Waals surface area (Å²) in [7, 11) is 0. The molecule has 0 amide bonds. The van der Waals surface area contributed by atoms with Crippen LogP contribution in [0.2, 0.25) is 0 Å². The summed E-state index contributed by atoms with van der Waals surface area (Å²) in [5.74, 6) is 0.720. The zero-order valence-electron chi connectivity index (χ0n) is 11.2. The summed E-state index contributed by atoms with van der Waals surface area (Å²) in [6, 6.07) is 6.04. The zero-order chi connectivity index (χ0) is 12.7. The number of hydrogen-bond donors (Lipinski definition) is 3. The maximum Gasteiger partial charge on any atom is 0.142 e. The maximum atomic E-state index is 5.80. The highest BCUT2D eigenvalue weighted by atomic mass is 35.5. The standard InChI is InChI=1S/C13H23N3O.ClH/c1-3-11(4-2)16-7-8-17-13-6-5-10(14)9-12(13)15;/h5-6,9,11,16H,3-4,7-8,14-15H2,1-2H3;1H. The monoisotopic (exact) mass is 273 g/mol. The Balaban J connectivity index is 0.00000289. The van der Waals surface area contributed by atoms with Crippen LogP contribution in [-0.2, 0) is 0 Å². The van der Waals surface area contributed by atoms with E-state index >= 15 is 0 Å². The van der Waals surface area contributed by atoms with Gasteiger partial charge in [0.25, 0.3) is 0 Å². The van der Waals surface area contributed by atoms with Gasteiger partial charge < -0.3 is 33.9 Å². The van der Waals surface area contributed by atoms with Gasteiger partial charge in [0.2, 0.25) is 0 Å². The zero-order valence-corrected chi connectivity index (χ0v) is 11.9. The first-order chi connectivity index (χ1) is 8.17. The normalized spacial score (nSPS) is 10.2. The summed E-state index contributed by atoms with van der Waals surface area (Å²) in [6.45, 7) is 6.05. The van der Waals surface area contributed by atoms with Crippen LogP contribution >= 0.6 is 0 Å². The molecule has 0 saturated carbocycles. The molecule has 18 heavy (non-hydrogen) atoms. The molecular weight excluding hydrogens is 250 g/mol. The molecule has 1 aromatic carbocycles. The lowest BCUT2D eigenvalue weighted by molar-refractivity contribution is -0.690. The lowest BCUT2D eigenvalue weighted by Gasteiger charge is -2.12. The third-order valence-corrected chi connectivity index (χ3v) is 2.96. The highest BCUT2D eigenvalue weighted by Crippen LogP contribution is 2.23. The van der Waals surface area contributed by atoms with E-state index < -0.39 is 0 Å². The largest absolute Gasteiger partial charge is 1.00 e. The molecule has 0 spiro atoms. The van der Waals surface area contributed by atoms with Crippen molar-refractivity contribution in [3.8, 4) is 5.75 Å². The topological polar surface area (TPSA) is 77.9 Å². The Morgan fingerprint density at radius 2 is 1.89 bits per heavy atom. The first kappa shape index (κ1) is 16.9. The molecule has 6 N–H and O–H groups in total. The number of nitrogens with two attached hydrogens (primary N) is 3. The number of benzene rings is 1. The molecule has 0 fully saturated rings. The van der Waals surface area contributed by atoms with E-state index in [9.17, 15) is 0 Å². The van der Waals surface area contributed by atoms with Crippen LogP contribution in [0.5, 0.6) is 5.75 Å². The molecule has 0 aliphatic heterocycles. The lowest BCUT2D eigenvalue weighted by atomic mass is 10.2. The molecule has 0 unspecified atom stereocenters. The summed E-state index contributed by atoms with van der Waals surface area (Å²) in [4.78, 5) is 0. The minimum absolute atomic E-state index is 0. The van der Waals surface area contributed by atoms with Gasteiger partial charge in [-0.1, -0.05) is 13.8 Å². The summed E-state index contributed by atoms with van der Waals surface area (Å²) in [5, 5.41) is 2.33. The van der Waals surface area contributed by atoms with E-state index in [1.165, 1.54) is 12.8 Å². The summed E-state index contributed by atoms with van der Waals surface area (Å²) in [5.41, 5.74) is 12.7. The number of halogens is 1. The second-order valence-corrected chi connectivity index (χ2v) is 4.25. The molecule has 0 radical (unpaired) electrons. The highest BCUT2D eigenvalue weighted by Gasteiger charge is 2.06. The van der Waals surface area contributed by atoms with Gasteiger partial charge in [-0.15, -0.1) is 0 Å². The molecule has 0 aliphatic carbocycles. The van der Waals surface area contributed by atoms with Crippen LogP contribution in [0.4, 0.5) is 11.4 Å². The molecular formula is C13H24ClN3O. The van der Waals surface area contributed by atoms with E-state index in [4.69, 9.17) is 16.2 Å². The van der Waals surface area contributed by atoms with Crippen LogP contribution in [-0.4, -0.2) is 19.2 Å². The number of nitrogen functional groups attached to an aromatic ring is 2. The van der Waals surface area contributed by atoms with Gasteiger partial charge in [-0.25, -0.2) is 0 Å². The van der Waals surface area contributed by atoms with Crippen LogP contribution in [0.3, 0.4) is 0 Å². The van der Waals surface area contributed by atoms with Crippen molar-refractivity contribution >= 4 is 11.4 Å².